The molecule has 0 aliphatic heterocycles. The Balaban J connectivity index is 2.14. The summed E-state index contributed by atoms with van der Waals surface area (Å²) in [7, 11) is 0. The summed E-state index contributed by atoms with van der Waals surface area (Å²) in [5.41, 5.74) is 0.701. The average molecular weight is 238 g/mol. The highest BCUT2D eigenvalue weighted by Crippen LogP contribution is 2.15. The van der Waals surface area contributed by atoms with Crippen molar-refractivity contribution in [3.05, 3.63) is 36.2 Å². The molecule has 0 saturated heterocycles. The van der Waals surface area contributed by atoms with Gasteiger partial charge < -0.3 is 4.52 Å². The van der Waals surface area contributed by atoms with Gasteiger partial charge >= 0.3 is 0 Å². The average Bonchev–Trinajstić information content (AvgIpc) is 2.78. The van der Waals surface area contributed by atoms with E-state index in [4.69, 9.17) is 4.52 Å². The number of nitrogens with zero attached hydrogens (tertiary/aromatic N) is 2. The van der Waals surface area contributed by atoms with Gasteiger partial charge in [0.2, 0.25) is 17.5 Å². The Morgan fingerprint density at radius 3 is 2.65 bits per heavy atom. The summed E-state index contributed by atoms with van der Waals surface area (Å²) in [6.07, 6.45) is -3.56. The van der Waals surface area contributed by atoms with Gasteiger partial charge in [-0.25, -0.2) is 8.78 Å². The zero-order valence-electron chi connectivity index (χ0n) is 8.64. The zero-order valence-corrected chi connectivity index (χ0v) is 8.64. The molecule has 0 amide bonds. The van der Waals surface area contributed by atoms with Gasteiger partial charge in [-0.15, -0.1) is 0 Å². The van der Waals surface area contributed by atoms with Gasteiger partial charge in [-0.3, -0.25) is 4.79 Å². The molecule has 0 unspecified atom stereocenters. The van der Waals surface area contributed by atoms with Crippen LogP contribution in [0.1, 0.15) is 5.89 Å². The van der Waals surface area contributed by atoms with Crippen LogP contribution in [0.5, 0.6) is 0 Å². The second kappa shape index (κ2) is 4.82. The second-order valence-electron chi connectivity index (χ2n) is 3.32. The van der Waals surface area contributed by atoms with Crippen molar-refractivity contribution in [2.45, 2.75) is 12.8 Å². The minimum atomic E-state index is -3.01. The first-order valence-corrected chi connectivity index (χ1v) is 4.85. The molecule has 0 fully saturated rings. The van der Waals surface area contributed by atoms with Crippen molar-refractivity contribution in [2.75, 3.05) is 0 Å². The van der Waals surface area contributed by atoms with Crippen LogP contribution in [0, 0.1) is 0 Å². The predicted molar refractivity (Wildman–Crippen MR) is 54.4 cm³/mol. The summed E-state index contributed by atoms with van der Waals surface area (Å²) in [6, 6.07) is 8.91. The van der Waals surface area contributed by atoms with E-state index in [1.165, 1.54) is 0 Å². The summed E-state index contributed by atoms with van der Waals surface area (Å²) in [6.45, 7) is 0. The number of carbonyl (C=O) groups excluding carboxylic acids is 1. The number of benzene rings is 1. The Labute approximate surface area is 95.3 Å². The standard InChI is InChI=1S/C11H8F2N2O2/c12-10(13)8(16)6-9-14-11(15-17-9)7-4-2-1-3-5-7/h1-5,10H,6H2. The number of hydrogen-bond donors (Lipinski definition) is 0. The highest BCUT2D eigenvalue weighted by atomic mass is 19.3. The van der Waals surface area contributed by atoms with Crippen molar-refractivity contribution in [3.63, 3.8) is 0 Å². The van der Waals surface area contributed by atoms with Crippen LogP contribution in [0.2, 0.25) is 0 Å². The lowest BCUT2D eigenvalue weighted by Gasteiger charge is -1.93. The maximum Gasteiger partial charge on any atom is 0.296 e. The van der Waals surface area contributed by atoms with Gasteiger partial charge in [0.05, 0.1) is 6.42 Å². The van der Waals surface area contributed by atoms with Gasteiger partial charge in [0.25, 0.3) is 6.43 Å². The molecular weight excluding hydrogens is 230 g/mol. The molecule has 1 heterocycles. The van der Waals surface area contributed by atoms with Crippen LogP contribution < -0.4 is 0 Å². The highest BCUT2D eigenvalue weighted by Gasteiger charge is 2.19. The van der Waals surface area contributed by atoms with E-state index in [-0.39, 0.29) is 11.7 Å². The molecule has 0 N–H and O–H groups in total. The van der Waals surface area contributed by atoms with Crippen molar-refractivity contribution < 1.29 is 18.1 Å². The third kappa shape index (κ3) is 2.72. The van der Waals surface area contributed by atoms with E-state index < -0.39 is 18.6 Å². The Morgan fingerprint density at radius 1 is 1.29 bits per heavy atom. The number of halogens is 2. The van der Waals surface area contributed by atoms with Crippen LogP contribution in [-0.2, 0) is 11.2 Å². The number of aromatic nitrogens is 2. The Bertz CT molecular complexity index is 511. The summed E-state index contributed by atoms with van der Waals surface area (Å²) in [4.78, 5) is 14.7. The summed E-state index contributed by atoms with van der Waals surface area (Å²) in [5, 5.41) is 3.62. The third-order valence-corrected chi connectivity index (χ3v) is 2.07. The molecule has 2 rings (SSSR count). The Hall–Kier alpha value is -2.11. The minimum Gasteiger partial charge on any atom is -0.338 e. The van der Waals surface area contributed by atoms with Crippen LogP contribution >= 0.6 is 0 Å². The maximum absolute atomic E-state index is 12.0. The molecule has 2 aromatic rings. The van der Waals surface area contributed by atoms with E-state index in [9.17, 15) is 13.6 Å². The lowest BCUT2D eigenvalue weighted by Crippen LogP contribution is -2.12. The first-order valence-electron chi connectivity index (χ1n) is 4.85. The van der Waals surface area contributed by atoms with E-state index in [2.05, 4.69) is 10.1 Å². The molecule has 1 aromatic carbocycles. The normalized spacial score (nSPS) is 10.8. The molecule has 6 heteroatoms. The van der Waals surface area contributed by atoms with Gasteiger partial charge in [-0.05, 0) is 0 Å². The maximum atomic E-state index is 12.0. The molecule has 17 heavy (non-hydrogen) atoms. The topological polar surface area (TPSA) is 56.0 Å². The smallest absolute Gasteiger partial charge is 0.296 e. The number of hydrogen-bond acceptors (Lipinski definition) is 4. The zero-order chi connectivity index (χ0) is 12.3. The van der Waals surface area contributed by atoms with Crippen LogP contribution in [0.4, 0.5) is 8.78 Å². The van der Waals surface area contributed by atoms with Crippen molar-refractivity contribution in [1.82, 2.24) is 10.1 Å². The number of rotatable bonds is 4. The van der Waals surface area contributed by atoms with Gasteiger partial charge in [-0.1, -0.05) is 35.5 Å². The quantitative estimate of drug-likeness (QED) is 0.818. The summed E-state index contributed by atoms with van der Waals surface area (Å²) >= 11 is 0. The SMILES string of the molecule is O=C(Cc1nc(-c2ccccc2)no1)C(F)F. The first-order chi connectivity index (χ1) is 8.16. The fourth-order valence-corrected chi connectivity index (χ4v) is 1.26. The van der Waals surface area contributed by atoms with E-state index in [1.54, 1.807) is 24.3 Å². The largest absolute Gasteiger partial charge is 0.338 e. The van der Waals surface area contributed by atoms with Crippen molar-refractivity contribution in [3.8, 4) is 11.4 Å². The second-order valence-corrected chi connectivity index (χ2v) is 3.32. The van der Waals surface area contributed by atoms with E-state index >= 15 is 0 Å². The number of ketones is 1. The van der Waals surface area contributed by atoms with Gasteiger partial charge in [0.1, 0.15) is 0 Å². The van der Waals surface area contributed by atoms with Crippen molar-refractivity contribution in [2.24, 2.45) is 0 Å². The fraction of sp³-hybridized carbons (Fsp3) is 0.182. The number of Topliss-reactive ketones (excluding diaryl/α,β-unsaturated/α-hetero) is 1. The molecule has 0 spiro atoms. The molecule has 0 atom stereocenters. The van der Waals surface area contributed by atoms with Crippen LogP contribution in [0.25, 0.3) is 11.4 Å². The van der Waals surface area contributed by atoms with Crippen LogP contribution in [0.15, 0.2) is 34.9 Å². The van der Waals surface area contributed by atoms with Crippen LogP contribution in [-0.4, -0.2) is 22.3 Å². The van der Waals surface area contributed by atoms with E-state index in [0.717, 1.165) is 0 Å². The first kappa shape index (κ1) is 11.4. The molecule has 0 aliphatic rings. The Morgan fingerprint density at radius 2 is 2.00 bits per heavy atom. The molecule has 4 nitrogen and oxygen atoms in total. The van der Waals surface area contributed by atoms with Crippen molar-refractivity contribution >= 4 is 5.78 Å². The third-order valence-electron chi connectivity index (χ3n) is 2.07. The van der Waals surface area contributed by atoms with E-state index in [0.29, 0.717) is 5.56 Å². The van der Waals surface area contributed by atoms with E-state index in [1.807, 2.05) is 6.07 Å². The lowest BCUT2D eigenvalue weighted by atomic mass is 10.2. The molecule has 88 valence electrons. The molecular formula is C11H8F2N2O2. The van der Waals surface area contributed by atoms with Gasteiger partial charge in [0.15, 0.2) is 0 Å². The molecule has 0 bridgehead atoms. The molecule has 0 aliphatic carbocycles. The number of carbonyl (C=O) groups is 1. The summed E-state index contributed by atoms with van der Waals surface area (Å²) < 4.78 is 28.7. The molecule has 0 radical (unpaired) electrons. The van der Waals surface area contributed by atoms with Crippen molar-refractivity contribution in [1.29, 1.82) is 0 Å². The minimum absolute atomic E-state index is 0.103. The molecule has 0 saturated carbocycles. The van der Waals surface area contributed by atoms with Gasteiger partial charge in [-0.2, -0.15) is 4.98 Å². The number of alkyl halides is 2. The monoisotopic (exact) mass is 238 g/mol. The van der Waals surface area contributed by atoms with Gasteiger partial charge in [0, 0.05) is 5.56 Å². The van der Waals surface area contributed by atoms with Crippen LogP contribution in [0.3, 0.4) is 0 Å². The summed E-state index contributed by atoms with van der Waals surface area (Å²) in [5.74, 6) is -1.05. The fourth-order valence-electron chi connectivity index (χ4n) is 1.26. The molecule has 1 aromatic heterocycles. The predicted octanol–water partition coefficient (Wildman–Crippen LogP) is 2.11. The Kier molecular flexibility index (Phi) is 3.22. The lowest BCUT2D eigenvalue weighted by molar-refractivity contribution is -0.129. The highest BCUT2D eigenvalue weighted by molar-refractivity contribution is 5.83.